The maximum Gasteiger partial charge on any atom is 0.305 e. The molecule has 2 amide bonds. The molecule has 1 unspecified atom stereocenters. The Labute approximate surface area is 203 Å². The van der Waals surface area contributed by atoms with Crippen LogP contribution in [0.1, 0.15) is 30.4 Å². The first kappa shape index (κ1) is 25.2. The largest absolute Gasteiger partial charge is 0.481 e. The number of nitrogen functional groups attached to an aromatic ring is 1. The molecule has 0 radical (unpaired) electrons. The second kappa shape index (κ2) is 11.6. The van der Waals surface area contributed by atoms with Gasteiger partial charge in [0.05, 0.1) is 24.7 Å². The van der Waals surface area contributed by atoms with Crippen LogP contribution in [-0.4, -0.2) is 34.8 Å². The molecule has 3 rings (SSSR count). The summed E-state index contributed by atoms with van der Waals surface area (Å²) in [5, 5.41) is 20.9. The van der Waals surface area contributed by atoms with E-state index in [0.717, 1.165) is 16.3 Å². The number of fused-ring (bicyclic) bond motifs is 1. The molecule has 3 aromatic carbocycles. The predicted octanol–water partition coefficient (Wildman–Crippen LogP) is 3.58. The molecule has 0 fully saturated rings. The molecule has 3 aromatic rings. The van der Waals surface area contributed by atoms with Crippen molar-refractivity contribution in [3.63, 3.8) is 0 Å². The lowest BCUT2D eigenvalue weighted by atomic mass is 10.0. The highest BCUT2D eigenvalue weighted by atomic mass is 16.4. The van der Waals surface area contributed by atoms with Crippen molar-refractivity contribution >= 4 is 40.1 Å². The van der Waals surface area contributed by atoms with Crippen LogP contribution in [0.25, 0.3) is 10.8 Å². The molecule has 0 bridgehead atoms. The third-order valence-corrected chi connectivity index (χ3v) is 5.56. The van der Waals surface area contributed by atoms with Crippen molar-refractivity contribution in [2.75, 3.05) is 4.90 Å². The normalized spacial score (nSPS) is 11.4. The summed E-state index contributed by atoms with van der Waals surface area (Å²) in [5.74, 6) is -1.82. The summed E-state index contributed by atoms with van der Waals surface area (Å²) < 4.78 is 0. The van der Waals surface area contributed by atoms with E-state index in [1.54, 1.807) is 17.0 Å². The summed E-state index contributed by atoms with van der Waals surface area (Å²) >= 11 is 0. The van der Waals surface area contributed by atoms with Gasteiger partial charge in [0.2, 0.25) is 11.8 Å². The highest BCUT2D eigenvalue weighted by Crippen LogP contribution is 2.31. The third-order valence-electron chi connectivity index (χ3n) is 5.56. The fourth-order valence-corrected chi connectivity index (χ4v) is 3.84. The van der Waals surface area contributed by atoms with Gasteiger partial charge < -0.3 is 21.1 Å². The lowest BCUT2D eigenvalue weighted by Crippen LogP contribution is -2.36. The molecule has 1 atom stereocenters. The van der Waals surface area contributed by atoms with Crippen LogP contribution in [0.15, 0.2) is 79.4 Å². The molecular weight excluding hydrogens is 444 g/mol. The molecule has 0 aliphatic rings. The van der Waals surface area contributed by atoms with Crippen molar-refractivity contribution < 1.29 is 19.5 Å². The minimum Gasteiger partial charge on any atom is -0.481 e. The van der Waals surface area contributed by atoms with E-state index in [4.69, 9.17) is 16.2 Å². The molecule has 180 valence electrons. The molecule has 0 spiro atoms. The number of anilines is 1. The van der Waals surface area contributed by atoms with Gasteiger partial charge in [-0.25, -0.2) is 0 Å². The zero-order valence-corrected chi connectivity index (χ0v) is 19.2. The molecule has 0 aliphatic heterocycles. The molecular formula is C27H28N4O4. The maximum atomic E-state index is 13.4. The quantitative estimate of drug-likeness (QED) is 0.192. The SMILES string of the molecule is C=CC(CC(=O)O)NC(=O)CCC(=O)N(Cc1ccccc1)c1ccc(C(=N)N)c2ccccc12. The number of nitrogens with zero attached hydrogens (tertiary/aromatic N) is 1. The van der Waals surface area contributed by atoms with E-state index < -0.39 is 17.9 Å². The van der Waals surface area contributed by atoms with Crippen molar-refractivity contribution in [1.82, 2.24) is 5.32 Å². The Morgan fingerprint density at radius 2 is 1.66 bits per heavy atom. The number of amidine groups is 1. The number of nitrogens with one attached hydrogen (secondary N) is 2. The van der Waals surface area contributed by atoms with E-state index in [1.807, 2.05) is 54.6 Å². The topological polar surface area (TPSA) is 137 Å². The summed E-state index contributed by atoms with van der Waals surface area (Å²) in [7, 11) is 0. The van der Waals surface area contributed by atoms with Crippen LogP contribution < -0.4 is 16.0 Å². The number of carbonyl (C=O) groups is 3. The molecule has 35 heavy (non-hydrogen) atoms. The Bertz CT molecular complexity index is 1260. The Hall–Kier alpha value is -4.46. The van der Waals surface area contributed by atoms with E-state index in [0.29, 0.717) is 17.8 Å². The zero-order valence-electron chi connectivity index (χ0n) is 19.2. The van der Waals surface area contributed by atoms with E-state index in [1.165, 1.54) is 6.08 Å². The number of amides is 2. The van der Waals surface area contributed by atoms with Crippen LogP contribution in [0.4, 0.5) is 5.69 Å². The van der Waals surface area contributed by atoms with Crippen LogP contribution >= 0.6 is 0 Å². The number of nitrogens with two attached hydrogens (primary N) is 1. The molecule has 0 saturated carbocycles. The van der Waals surface area contributed by atoms with Crippen molar-refractivity contribution in [2.45, 2.75) is 31.8 Å². The summed E-state index contributed by atoms with van der Waals surface area (Å²) in [4.78, 5) is 38.4. The van der Waals surface area contributed by atoms with Crippen LogP contribution in [0.2, 0.25) is 0 Å². The van der Waals surface area contributed by atoms with Gasteiger partial charge in [-0.15, -0.1) is 6.58 Å². The van der Waals surface area contributed by atoms with Crippen molar-refractivity contribution in [3.05, 3.63) is 90.5 Å². The minimum atomic E-state index is -1.05. The van der Waals surface area contributed by atoms with Gasteiger partial charge >= 0.3 is 5.97 Å². The monoisotopic (exact) mass is 472 g/mol. The van der Waals surface area contributed by atoms with Crippen molar-refractivity contribution in [3.8, 4) is 0 Å². The number of hydrogen-bond donors (Lipinski definition) is 4. The van der Waals surface area contributed by atoms with E-state index in [-0.39, 0.29) is 31.0 Å². The standard InChI is InChI=1S/C27H28N4O4/c1-2-19(16-26(34)35)30-24(32)14-15-25(33)31(17-18-8-4-3-5-9-18)23-13-12-22(27(28)29)20-10-6-7-11-21(20)23/h2-13,19H,1,14-17H2,(H3,28,29)(H,30,32)(H,34,35). The number of rotatable bonds is 11. The summed E-state index contributed by atoms with van der Waals surface area (Å²) in [6, 6.07) is 19.7. The molecule has 5 N–H and O–H groups in total. The number of aliphatic carboxylic acids is 1. The number of benzene rings is 3. The highest BCUT2D eigenvalue weighted by Gasteiger charge is 2.21. The van der Waals surface area contributed by atoms with Crippen molar-refractivity contribution in [2.24, 2.45) is 5.73 Å². The molecule has 0 aromatic heterocycles. The van der Waals surface area contributed by atoms with Gasteiger partial charge in [0, 0.05) is 23.8 Å². The van der Waals surface area contributed by atoms with E-state index in [2.05, 4.69) is 11.9 Å². The molecule has 8 heteroatoms. The number of hydrogen-bond acceptors (Lipinski definition) is 4. The maximum absolute atomic E-state index is 13.4. The van der Waals surface area contributed by atoms with Crippen molar-refractivity contribution in [1.29, 1.82) is 5.41 Å². The first-order valence-corrected chi connectivity index (χ1v) is 11.1. The third kappa shape index (κ3) is 6.54. The second-order valence-corrected chi connectivity index (χ2v) is 8.06. The average Bonchev–Trinajstić information content (AvgIpc) is 2.85. The summed E-state index contributed by atoms with van der Waals surface area (Å²) in [5.41, 5.74) is 7.90. The summed E-state index contributed by atoms with van der Waals surface area (Å²) in [6.07, 6.45) is 0.909. The van der Waals surface area contributed by atoms with Crippen LogP contribution in [0.5, 0.6) is 0 Å². The Morgan fingerprint density at radius 3 is 2.29 bits per heavy atom. The predicted molar refractivity (Wildman–Crippen MR) is 136 cm³/mol. The Kier molecular flexibility index (Phi) is 8.34. The van der Waals surface area contributed by atoms with E-state index >= 15 is 0 Å². The lowest BCUT2D eigenvalue weighted by molar-refractivity contribution is -0.137. The number of carboxylic acids is 1. The van der Waals surface area contributed by atoms with Gasteiger partial charge in [0.1, 0.15) is 5.84 Å². The number of carboxylic acid groups (broad SMARTS) is 1. The lowest BCUT2D eigenvalue weighted by Gasteiger charge is -2.25. The molecule has 0 heterocycles. The highest BCUT2D eigenvalue weighted by molar-refractivity contribution is 6.13. The zero-order chi connectivity index (χ0) is 25.4. The minimum absolute atomic E-state index is 0.0662. The van der Waals surface area contributed by atoms with Gasteiger partial charge in [-0.2, -0.15) is 0 Å². The Morgan fingerprint density at radius 1 is 1.00 bits per heavy atom. The smallest absolute Gasteiger partial charge is 0.305 e. The molecule has 0 saturated heterocycles. The van der Waals surface area contributed by atoms with Crippen LogP contribution in [0, 0.1) is 5.41 Å². The first-order chi connectivity index (χ1) is 16.8. The molecule has 0 aliphatic carbocycles. The van der Waals surface area contributed by atoms with E-state index in [9.17, 15) is 14.4 Å². The fourth-order valence-electron chi connectivity index (χ4n) is 3.84. The number of carbonyl (C=O) groups excluding carboxylic acids is 2. The van der Waals surface area contributed by atoms with Crippen LogP contribution in [0.3, 0.4) is 0 Å². The fraction of sp³-hybridized carbons (Fsp3) is 0.185. The van der Waals surface area contributed by atoms with Gasteiger partial charge in [0.15, 0.2) is 0 Å². The van der Waals surface area contributed by atoms with Gasteiger partial charge in [-0.3, -0.25) is 19.8 Å². The Balaban J connectivity index is 1.89. The van der Waals surface area contributed by atoms with Gasteiger partial charge in [0.25, 0.3) is 0 Å². The second-order valence-electron chi connectivity index (χ2n) is 8.06. The van der Waals surface area contributed by atoms with Crippen LogP contribution in [-0.2, 0) is 20.9 Å². The molecule has 8 nitrogen and oxygen atoms in total. The van der Waals surface area contributed by atoms with Gasteiger partial charge in [-0.1, -0.05) is 60.7 Å². The average molecular weight is 473 g/mol. The first-order valence-electron chi connectivity index (χ1n) is 11.1. The van der Waals surface area contributed by atoms with Gasteiger partial charge in [-0.05, 0) is 23.1 Å². The summed E-state index contributed by atoms with van der Waals surface area (Å²) in [6.45, 7) is 3.84.